The Morgan fingerprint density at radius 1 is 1.12 bits per heavy atom. The number of anilines is 1. The predicted molar refractivity (Wildman–Crippen MR) is 100 cm³/mol. The quantitative estimate of drug-likeness (QED) is 0.787. The Bertz CT molecular complexity index is 744. The topological polar surface area (TPSA) is 47.6 Å². The van der Waals surface area contributed by atoms with Crippen molar-refractivity contribution in [2.45, 2.75) is 26.7 Å². The summed E-state index contributed by atoms with van der Waals surface area (Å²) >= 11 is 3.50. The molecule has 0 atom stereocenters. The van der Waals surface area contributed by atoms with Crippen molar-refractivity contribution < 1.29 is 14.3 Å². The van der Waals surface area contributed by atoms with E-state index in [1.807, 2.05) is 37.3 Å². The molecule has 24 heavy (non-hydrogen) atoms. The maximum Gasteiger partial charge on any atom is 0.228 e. The number of aryl methyl sites for hydroxylation is 2. The van der Waals surface area contributed by atoms with Gasteiger partial charge in [-0.25, -0.2) is 0 Å². The maximum absolute atomic E-state index is 12.4. The summed E-state index contributed by atoms with van der Waals surface area (Å²) in [4.78, 5) is 12.4. The molecule has 1 N–H and O–H groups in total. The van der Waals surface area contributed by atoms with Crippen molar-refractivity contribution in [2.24, 2.45) is 0 Å². The average Bonchev–Trinajstić information content (AvgIpc) is 2.56. The average molecular weight is 392 g/mol. The van der Waals surface area contributed by atoms with E-state index in [-0.39, 0.29) is 12.3 Å². The molecular formula is C19H22BrNO3. The lowest BCUT2D eigenvalue weighted by Gasteiger charge is -2.14. The lowest BCUT2D eigenvalue weighted by molar-refractivity contribution is -0.115. The number of amides is 1. The number of ether oxygens (including phenoxy) is 2. The van der Waals surface area contributed by atoms with E-state index >= 15 is 0 Å². The van der Waals surface area contributed by atoms with Crippen LogP contribution >= 0.6 is 15.9 Å². The van der Waals surface area contributed by atoms with Crippen molar-refractivity contribution in [1.29, 1.82) is 0 Å². The van der Waals surface area contributed by atoms with Crippen LogP contribution in [0.15, 0.2) is 34.8 Å². The van der Waals surface area contributed by atoms with Crippen LogP contribution in [0.5, 0.6) is 11.5 Å². The Kier molecular flexibility index (Phi) is 6.26. The van der Waals surface area contributed by atoms with Crippen LogP contribution in [0.4, 0.5) is 5.69 Å². The molecule has 2 rings (SSSR count). The molecule has 0 spiro atoms. The zero-order valence-electron chi connectivity index (χ0n) is 14.4. The minimum absolute atomic E-state index is 0.0534. The van der Waals surface area contributed by atoms with Crippen LogP contribution in [0.25, 0.3) is 0 Å². The van der Waals surface area contributed by atoms with Gasteiger partial charge in [0.2, 0.25) is 5.91 Å². The molecule has 0 heterocycles. The number of methoxy groups -OCH3 is 2. The van der Waals surface area contributed by atoms with Crippen molar-refractivity contribution in [3.63, 3.8) is 0 Å². The fourth-order valence-electron chi connectivity index (χ4n) is 2.63. The van der Waals surface area contributed by atoms with Crippen LogP contribution in [0.1, 0.15) is 23.6 Å². The number of halogens is 1. The second kappa shape index (κ2) is 8.20. The van der Waals surface area contributed by atoms with Crippen LogP contribution in [0.2, 0.25) is 0 Å². The fraction of sp³-hybridized carbons (Fsp3) is 0.316. The molecule has 0 aliphatic carbocycles. The number of hydrogen-bond donors (Lipinski definition) is 1. The van der Waals surface area contributed by atoms with Crippen molar-refractivity contribution in [3.05, 3.63) is 51.5 Å². The number of rotatable bonds is 6. The number of benzene rings is 2. The van der Waals surface area contributed by atoms with Crippen LogP contribution in [-0.4, -0.2) is 20.1 Å². The van der Waals surface area contributed by atoms with Gasteiger partial charge in [0.25, 0.3) is 0 Å². The first-order valence-electron chi connectivity index (χ1n) is 7.78. The van der Waals surface area contributed by atoms with E-state index in [2.05, 4.69) is 28.2 Å². The highest BCUT2D eigenvalue weighted by Crippen LogP contribution is 2.29. The molecule has 5 heteroatoms. The van der Waals surface area contributed by atoms with Gasteiger partial charge in [-0.1, -0.05) is 28.9 Å². The van der Waals surface area contributed by atoms with Crippen LogP contribution < -0.4 is 14.8 Å². The first-order valence-corrected chi connectivity index (χ1v) is 8.57. The SMILES string of the molecule is CCc1cc(Br)cc(C)c1NC(=O)Cc1ccc(OC)c(OC)c1. The van der Waals surface area contributed by atoms with Crippen molar-refractivity contribution >= 4 is 27.5 Å². The maximum atomic E-state index is 12.4. The second-order valence-corrected chi connectivity index (χ2v) is 6.44. The van der Waals surface area contributed by atoms with Crippen molar-refractivity contribution in [2.75, 3.05) is 19.5 Å². The summed E-state index contributed by atoms with van der Waals surface area (Å²) in [6.07, 6.45) is 1.13. The highest BCUT2D eigenvalue weighted by Gasteiger charge is 2.12. The number of carbonyl (C=O) groups is 1. The third kappa shape index (κ3) is 4.29. The van der Waals surface area contributed by atoms with Crippen LogP contribution in [0, 0.1) is 6.92 Å². The van der Waals surface area contributed by atoms with Crippen LogP contribution in [-0.2, 0) is 17.6 Å². The van der Waals surface area contributed by atoms with Gasteiger partial charge in [-0.3, -0.25) is 4.79 Å². The summed E-state index contributed by atoms with van der Waals surface area (Å²) in [7, 11) is 3.17. The van der Waals surface area contributed by atoms with Gasteiger partial charge in [-0.15, -0.1) is 0 Å². The summed E-state index contributed by atoms with van der Waals surface area (Å²) in [5.74, 6) is 1.22. The number of carbonyl (C=O) groups excluding carboxylic acids is 1. The standard InChI is InChI=1S/C19H22BrNO3/c1-5-14-11-15(20)8-12(2)19(14)21-18(22)10-13-6-7-16(23-3)17(9-13)24-4/h6-9,11H,5,10H2,1-4H3,(H,21,22). The van der Waals surface area contributed by atoms with Gasteiger partial charge in [0.05, 0.1) is 20.6 Å². The van der Waals surface area contributed by atoms with E-state index in [1.54, 1.807) is 14.2 Å². The Balaban J connectivity index is 2.17. The molecule has 0 aliphatic heterocycles. The Morgan fingerprint density at radius 2 is 1.83 bits per heavy atom. The molecule has 0 saturated carbocycles. The van der Waals surface area contributed by atoms with Gasteiger partial charge in [0.1, 0.15) is 0 Å². The van der Waals surface area contributed by atoms with Gasteiger partial charge in [-0.05, 0) is 54.3 Å². The smallest absolute Gasteiger partial charge is 0.228 e. The zero-order valence-corrected chi connectivity index (χ0v) is 16.0. The van der Waals surface area contributed by atoms with Crippen LogP contribution in [0.3, 0.4) is 0 Å². The highest BCUT2D eigenvalue weighted by molar-refractivity contribution is 9.10. The molecule has 0 radical (unpaired) electrons. The lowest BCUT2D eigenvalue weighted by Crippen LogP contribution is -2.16. The fourth-order valence-corrected chi connectivity index (χ4v) is 3.25. The van der Waals surface area contributed by atoms with E-state index in [1.165, 1.54) is 0 Å². The van der Waals surface area contributed by atoms with E-state index < -0.39 is 0 Å². The molecule has 0 aromatic heterocycles. The molecule has 4 nitrogen and oxygen atoms in total. The van der Waals surface area contributed by atoms with Crippen molar-refractivity contribution in [1.82, 2.24) is 0 Å². The first-order chi connectivity index (χ1) is 11.5. The molecule has 0 unspecified atom stereocenters. The minimum atomic E-state index is -0.0534. The van der Waals surface area contributed by atoms with Gasteiger partial charge in [-0.2, -0.15) is 0 Å². The van der Waals surface area contributed by atoms with Crippen molar-refractivity contribution in [3.8, 4) is 11.5 Å². The normalized spacial score (nSPS) is 10.4. The molecule has 2 aromatic carbocycles. The molecule has 128 valence electrons. The third-order valence-corrected chi connectivity index (χ3v) is 4.30. The summed E-state index contributed by atoms with van der Waals surface area (Å²) in [6.45, 7) is 4.07. The number of hydrogen-bond acceptors (Lipinski definition) is 3. The first kappa shape index (κ1) is 18.3. The van der Waals surface area contributed by atoms with Gasteiger partial charge in [0, 0.05) is 10.2 Å². The summed E-state index contributed by atoms with van der Waals surface area (Å²) in [5, 5.41) is 3.04. The Hall–Kier alpha value is -2.01. The predicted octanol–water partition coefficient (Wildman–Crippen LogP) is 4.52. The molecule has 0 saturated heterocycles. The molecule has 0 bridgehead atoms. The number of nitrogens with one attached hydrogen (secondary N) is 1. The highest BCUT2D eigenvalue weighted by atomic mass is 79.9. The summed E-state index contributed by atoms with van der Waals surface area (Å²) < 4.78 is 11.5. The third-order valence-electron chi connectivity index (χ3n) is 3.84. The summed E-state index contributed by atoms with van der Waals surface area (Å²) in [5.41, 5.74) is 3.92. The van der Waals surface area contributed by atoms with E-state index in [4.69, 9.17) is 9.47 Å². The van der Waals surface area contributed by atoms with E-state index in [0.29, 0.717) is 11.5 Å². The minimum Gasteiger partial charge on any atom is -0.493 e. The zero-order chi connectivity index (χ0) is 17.7. The lowest BCUT2D eigenvalue weighted by atomic mass is 10.0. The summed E-state index contributed by atoms with van der Waals surface area (Å²) in [6, 6.07) is 9.55. The molecule has 2 aromatic rings. The largest absolute Gasteiger partial charge is 0.493 e. The molecule has 1 amide bonds. The monoisotopic (exact) mass is 391 g/mol. The van der Waals surface area contributed by atoms with E-state index in [0.717, 1.165) is 33.3 Å². The molecule has 0 aliphatic rings. The second-order valence-electron chi connectivity index (χ2n) is 5.52. The van der Waals surface area contributed by atoms with Gasteiger partial charge in [0.15, 0.2) is 11.5 Å². The Morgan fingerprint density at radius 3 is 2.46 bits per heavy atom. The Labute approximate surface area is 151 Å². The van der Waals surface area contributed by atoms with Gasteiger partial charge >= 0.3 is 0 Å². The molecular weight excluding hydrogens is 370 g/mol. The van der Waals surface area contributed by atoms with E-state index in [9.17, 15) is 4.79 Å². The molecule has 0 fully saturated rings. The van der Waals surface area contributed by atoms with Gasteiger partial charge < -0.3 is 14.8 Å².